The number of ether oxygens (including phenoxy) is 4. The summed E-state index contributed by atoms with van der Waals surface area (Å²) >= 11 is 0. The fourth-order valence-electron chi connectivity index (χ4n) is 1.26. The summed E-state index contributed by atoms with van der Waals surface area (Å²) in [5.74, 6) is 0. The van der Waals surface area contributed by atoms with Gasteiger partial charge in [-0.3, -0.25) is 0 Å². The van der Waals surface area contributed by atoms with Crippen molar-refractivity contribution < 1.29 is 18.9 Å². The lowest BCUT2D eigenvalue weighted by Crippen LogP contribution is -2.38. The molecule has 1 aliphatic heterocycles. The summed E-state index contributed by atoms with van der Waals surface area (Å²) in [4.78, 5) is 0. The zero-order valence-corrected chi connectivity index (χ0v) is 8.49. The smallest absolute Gasteiger partial charge is 0.180 e. The predicted octanol–water partition coefficient (Wildman–Crippen LogP) is 0.799. The molecule has 78 valence electrons. The van der Waals surface area contributed by atoms with Crippen LogP contribution in [0.5, 0.6) is 0 Å². The average Bonchev–Trinajstić information content (AvgIpc) is 2.19. The number of rotatable bonds is 4. The lowest BCUT2D eigenvalue weighted by atomic mass is 10.2. The Hall–Kier alpha value is -0.160. The number of hydrogen-bond acceptors (Lipinski definition) is 4. The number of hydrogen-bond donors (Lipinski definition) is 0. The molecule has 0 aromatic heterocycles. The molecule has 0 aromatic carbocycles. The van der Waals surface area contributed by atoms with Crippen molar-refractivity contribution >= 4 is 0 Å². The Kier molecular flexibility index (Phi) is 4.66. The van der Waals surface area contributed by atoms with Crippen molar-refractivity contribution in [3.63, 3.8) is 0 Å². The van der Waals surface area contributed by atoms with Crippen LogP contribution in [0.3, 0.4) is 0 Å². The highest BCUT2D eigenvalue weighted by Gasteiger charge is 2.23. The van der Waals surface area contributed by atoms with Crippen LogP contribution in [0, 0.1) is 0 Å². The minimum absolute atomic E-state index is 0.140. The van der Waals surface area contributed by atoms with Gasteiger partial charge in [0, 0.05) is 20.6 Å². The molecule has 4 heteroatoms. The van der Waals surface area contributed by atoms with E-state index < -0.39 is 0 Å². The van der Waals surface area contributed by atoms with Gasteiger partial charge in [0.05, 0.1) is 25.4 Å². The largest absolute Gasteiger partial charge is 0.382 e. The summed E-state index contributed by atoms with van der Waals surface area (Å²) in [5, 5.41) is 0. The highest BCUT2D eigenvalue weighted by molar-refractivity contribution is 4.66. The maximum absolute atomic E-state index is 5.52. The highest BCUT2D eigenvalue weighted by Crippen LogP contribution is 2.13. The van der Waals surface area contributed by atoms with Gasteiger partial charge in [-0.2, -0.15) is 0 Å². The normalized spacial score (nSPS) is 31.6. The molecule has 1 fully saturated rings. The summed E-state index contributed by atoms with van der Waals surface area (Å²) in [6.45, 7) is 3.12. The summed E-state index contributed by atoms with van der Waals surface area (Å²) < 4.78 is 21.0. The maximum atomic E-state index is 5.52. The van der Waals surface area contributed by atoms with E-state index in [2.05, 4.69) is 0 Å². The van der Waals surface area contributed by atoms with Crippen molar-refractivity contribution in [1.29, 1.82) is 0 Å². The van der Waals surface area contributed by atoms with Crippen LogP contribution >= 0.6 is 0 Å². The third-order valence-corrected chi connectivity index (χ3v) is 2.20. The Morgan fingerprint density at radius 3 is 2.54 bits per heavy atom. The zero-order valence-electron chi connectivity index (χ0n) is 8.49. The van der Waals surface area contributed by atoms with E-state index in [9.17, 15) is 0 Å². The van der Waals surface area contributed by atoms with Crippen LogP contribution < -0.4 is 0 Å². The lowest BCUT2D eigenvalue weighted by Gasteiger charge is -2.29. The molecule has 0 bridgehead atoms. The first kappa shape index (κ1) is 10.9. The van der Waals surface area contributed by atoms with Gasteiger partial charge in [-0.15, -0.1) is 0 Å². The third kappa shape index (κ3) is 3.60. The molecular formula is C9H18O4. The second-order valence-corrected chi connectivity index (χ2v) is 3.24. The molecule has 4 nitrogen and oxygen atoms in total. The molecule has 0 spiro atoms. The Morgan fingerprint density at radius 1 is 1.31 bits per heavy atom. The van der Waals surface area contributed by atoms with E-state index in [1.54, 1.807) is 14.2 Å². The molecule has 0 saturated carbocycles. The Morgan fingerprint density at radius 2 is 2.08 bits per heavy atom. The molecule has 0 amide bonds. The first-order valence-corrected chi connectivity index (χ1v) is 4.55. The molecule has 1 heterocycles. The van der Waals surface area contributed by atoms with Crippen LogP contribution in [-0.4, -0.2) is 45.9 Å². The molecule has 0 aromatic rings. The fourth-order valence-corrected chi connectivity index (χ4v) is 1.26. The van der Waals surface area contributed by atoms with Crippen molar-refractivity contribution in [3.05, 3.63) is 0 Å². The molecule has 0 radical (unpaired) electrons. The summed E-state index contributed by atoms with van der Waals surface area (Å²) in [6, 6.07) is 0. The molecule has 0 N–H and O–H groups in total. The monoisotopic (exact) mass is 190 g/mol. The Balaban J connectivity index is 2.17. The van der Waals surface area contributed by atoms with E-state index in [0.717, 1.165) is 6.42 Å². The molecule has 13 heavy (non-hydrogen) atoms. The van der Waals surface area contributed by atoms with Crippen LogP contribution in [0.1, 0.15) is 13.3 Å². The second-order valence-electron chi connectivity index (χ2n) is 3.24. The molecule has 0 aliphatic carbocycles. The standard InChI is InChI=1S/C9H18O4/c1-7(10-2)4-8-5-13-9(11-3)6-12-8/h7-9H,4-6H2,1-3H3. The van der Waals surface area contributed by atoms with Crippen molar-refractivity contribution in [3.8, 4) is 0 Å². The zero-order chi connectivity index (χ0) is 9.68. The van der Waals surface area contributed by atoms with Gasteiger partial charge in [0.25, 0.3) is 0 Å². The quantitative estimate of drug-likeness (QED) is 0.657. The molecule has 3 atom stereocenters. The van der Waals surface area contributed by atoms with E-state index in [4.69, 9.17) is 18.9 Å². The van der Waals surface area contributed by atoms with Gasteiger partial charge in [-0.05, 0) is 6.92 Å². The van der Waals surface area contributed by atoms with Gasteiger partial charge in [0.15, 0.2) is 6.29 Å². The number of methoxy groups -OCH3 is 2. The van der Waals surface area contributed by atoms with Crippen LogP contribution in [0.25, 0.3) is 0 Å². The highest BCUT2D eigenvalue weighted by atomic mass is 16.7. The van der Waals surface area contributed by atoms with Gasteiger partial charge in [-0.1, -0.05) is 0 Å². The third-order valence-electron chi connectivity index (χ3n) is 2.20. The van der Waals surface area contributed by atoms with Gasteiger partial charge in [0.2, 0.25) is 0 Å². The molecular weight excluding hydrogens is 172 g/mol. The van der Waals surface area contributed by atoms with Crippen LogP contribution in [0.2, 0.25) is 0 Å². The average molecular weight is 190 g/mol. The molecule has 1 aliphatic rings. The fraction of sp³-hybridized carbons (Fsp3) is 1.00. The SMILES string of the molecule is COC(C)CC1COC(OC)CO1. The topological polar surface area (TPSA) is 36.9 Å². The van der Waals surface area contributed by atoms with Gasteiger partial charge in [-0.25, -0.2) is 0 Å². The molecule has 3 unspecified atom stereocenters. The van der Waals surface area contributed by atoms with E-state index in [1.165, 1.54) is 0 Å². The maximum Gasteiger partial charge on any atom is 0.180 e. The Bertz CT molecular complexity index is 132. The predicted molar refractivity (Wildman–Crippen MR) is 47.6 cm³/mol. The van der Waals surface area contributed by atoms with Crippen molar-refractivity contribution in [2.45, 2.75) is 31.8 Å². The van der Waals surface area contributed by atoms with E-state index in [1.807, 2.05) is 6.92 Å². The minimum atomic E-state index is -0.200. The minimum Gasteiger partial charge on any atom is -0.382 e. The van der Waals surface area contributed by atoms with Gasteiger partial charge in [0.1, 0.15) is 0 Å². The lowest BCUT2D eigenvalue weighted by molar-refractivity contribution is -0.228. The first-order chi connectivity index (χ1) is 6.26. The van der Waals surface area contributed by atoms with E-state index >= 15 is 0 Å². The van der Waals surface area contributed by atoms with Crippen molar-refractivity contribution in [2.24, 2.45) is 0 Å². The Labute approximate surface area is 79.1 Å². The summed E-state index contributed by atoms with van der Waals surface area (Å²) in [6.07, 6.45) is 1.02. The van der Waals surface area contributed by atoms with Crippen LogP contribution in [-0.2, 0) is 18.9 Å². The van der Waals surface area contributed by atoms with E-state index in [-0.39, 0.29) is 18.5 Å². The van der Waals surface area contributed by atoms with Crippen LogP contribution in [0.4, 0.5) is 0 Å². The molecule has 1 saturated heterocycles. The van der Waals surface area contributed by atoms with Gasteiger partial charge < -0.3 is 18.9 Å². The van der Waals surface area contributed by atoms with E-state index in [0.29, 0.717) is 13.2 Å². The van der Waals surface area contributed by atoms with Gasteiger partial charge >= 0.3 is 0 Å². The summed E-state index contributed by atoms with van der Waals surface area (Å²) in [5.41, 5.74) is 0. The molecule has 1 rings (SSSR count). The van der Waals surface area contributed by atoms with Crippen LogP contribution in [0.15, 0.2) is 0 Å². The summed E-state index contributed by atoms with van der Waals surface area (Å²) in [7, 11) is 3.32. The van der Waals surface area contributed by atoms with Crippen molar-refractivity contribution in [1.82, 2.24) is 0 Å². The van der Waals surface area contributed by atoms with Crippen molar-refractivity contribution in [2.75, 3.05) is 27.4 Å². The second kappa shape index (κ2) is 5.54. The first-order valence-electron chi connectivity index (χ1n) is 4.55.